The maximum absolute atomic E-state index is 12.6. The molecule has 0 spiro atoms. The van der Waals surface area contributed by atoms with Crippen LogP contribution in [0.2, 0.25) is 0 Å². The Balaban J connectivity index is 1.93. The summed E-state index contributed by atoms with van der Waals surface area (Å²) in [6.07, 6.45) is 1.91. The molecule has 120 valence electrons. The number of carbonyl (C=O) groups is 1. The number of allylic oxidation sites excluding steroid dienone is 1. The van der Waals surface area contributed by atoms with Crippen LogP contribution in [0.5, 0.6) is 0 Å². The van der Waals surface area contributed by atoms with Crippen LogP contribution in [0.1, 0.15) is 16.7 Å². The van der Waals surface area contributed by atoms with Crippen LogP contribution in [0.25, 0.3) is 17.2 Å². The topological polar surface area (TPSA) is 26.3 Å². The van der Waals surface area contributed by atoms with Gasteiger partial charge in [0.05, 0.1) is 5.57 Å². The minimum Gasteiger partial charge on any atom is -0.422 e. The lowest BCUT2D eigenvalue weighted by Crippen LogP contribution is -1.98. The van der Waals surface area contributed by atoms with Crippen LogP contribution in [-0.4, -0.2) is 5.97 Å². The molecule has 0 atom stereocenters. The van der Waals surface area contributed by atoms with E-state index in [4.69, 9.17) is 4.74 Å². The molecule has 0 radical (unpaired) electrons. The average molecular weight is 324 g/mol. The number of esters is 1. The lowest BCUT2D eigenvalue weighted by atomic mass is 9.94. The van der Waals surface area contributed by atoms with Crippen molar-refractivity contribution in [1.29, 1.82) is 0 Å². The molecule has 3 aromatic rings. The highest BCUT2D eigenvalue weighted by Gasteiger charge is 2.31. The van der Waals surface area contributed by atoms with Gasteiger partial charge < -0.3 is 4.74 Å². The quantitative estimate of drug-likeness (QED) is 0.619. The van der Waals surface area contributed by atoms with Crippen LogP contribution >= 0.6 is 0 Å². The number of rotatable bonds is 3. The second-order valence-electron chi connectivity index (χ2n) is 5.79. The van der Waals surface area contributed by atoms with E-state index in [2.05, 4.69) is 0 Å². The maximum Gasteiger partial charge on any atom is 0.344 e. The van der Waals surface area contributed by atoms with Gasteiger partial charge in [0.2, 0.25) is 0 Å². The van der Waals surface area contributed by atoms with Crippen LogP contribution in [0, 0.1) is 0 Å². The van der Waals surface area contributed by atoms with Gasteiger partial charge >= 0.3 is 5.97 Å². The molecule has 0 amide bonds. The third-order valence-electron chi connectivity index (χ3n) is 4.13. The minimum absolute atomic E-state index is 0.313. The van der Waals surface area contributed by atoms with Crippen molar-refractivity contribution in [2.24, 2.45) is 0 Å². The van der Waals surface area contributed by atoms with Crippen LogP contribution in [-0.2, 0) is 9.53 Å². The molecular weight excluding hydrogens is 308 g/mol. The van der Waals surface area contributed by atoms with Gasteiger partial charge in [-0.15, -0.1) is 0 Å². The predicted molar refractivity (Wildman–Crippen MR) is 100 cm³/mol. The first kappa shape index (κ1) is 15.2. The maximum atomic E-state index is 12.6. The molecule has 0 fully saturated rings. The minimum atomic E-state index is -0.313. The van der Waals surface area contributed by atoms with Gasteiger partial charge in [-0.3, -0.25) is 0 Å². The first-order valence-electron chi connectivity index (χ1n) is 8.17. The number of carbonyl (C=O) groups excluding carboxylic acids is 1. The van der Waals surface area contributed by atoms with Crippen LogP contribution < -0.4 is 0 Å². The Labute approximate surface area is 146 Å². The molecule has 2 nitrogen and oxygen atoms in total. The smallest absolute Gasteiger partial charge is 0.344 e. The Morgan fingerprint density at radius 3 is 1.64 bits per heavy atom. The fourth-order valence-corrected chi connectivity index (χ4v) is 2.99. The second-order valence-corrected chi connectivity index (χ2v) is 5.79. The molecule has 1 aliphatic rings. The highest BCUT2D eigenvalue weighted by atomic mass is 16.5. The molecule has 0 aliphatic carbocycles. The summed E-state index contributed by atoms with van der Waals surface area (Å²) in [5.74, 6) is 0.272. The molecule has 0 N–H and O–H groups in total. The van der Waals surface area contributed by atoms with Crippen molar-refractivity contribution in [3.63, 3.8) is 0 Å². The molecule has 2 heteroatoms. The molecule has 0 saturated heterocycles. The largest absolute Gasteiger partial charge is 0.422 e. The molecule has 0 bridgehead atoms. The first-order chi connectivity index (χ1) is 12.3. The number of cyclic esters (lactones) is 1. The fraction of sp³-hybridized carbons (Fsp3) is 0. The van der Waals surface area contributed by atoms with Crippen molar-refractivity contribution in [3.05, 3.63) is 113 Å². The molecule has 1 heterocycles. The lowest BCUT2D eigenvalue weighted by Gasteiger charge is -2.06. The number of hydrogen-bond donors (Lipinski definition) is 0. The summed E-state index contributed by atoms with van der Waals surface area (Å²) in [5.41, 5.74) is 4.26. The molecule has 0 unspecified atom stereocenters. The molecule has 4 rings (SSSR count). The SMILES string of the molecule is O=C1O/C(=C/c2ccccc2)C(c2ccccc2)=C1c1ccccc1. The average Bonchev–Trinajstić information content (AvgIpc) is 2.99. The molecule has 0 aromatic heterocycles. The van der Waals surface area contributed by atoms with Gasteiger partial charge in [-0.25, -0.2) is 4.79 Å². The van der Waals surface area contributed by atoms with Crippen LogP contribution in [0.15, 0.2) is 96.8 Å². The Hall–Kier alpha value is -3.39. The van der Waals surface area contributed by atoms with E-state index in [1.807, 2.05) is 97.1 Å². The van der Waals surface area contributed by atoms with E-state index >= 15 is 0 Å². The van der Waals surface area contributed by atoms with Crippen molar-refractivity contribution in [2.75, 3.05) is 0 Å². The normalized spacial score (nSPS) is 15.5. The van der Waals surface area contributed by atoms with Crippen LogP contribution in [0.4, 0.5) is 0 Å². The van der Waals surface area contributed by atoms with E-state index in [0.29, 0.717) is 11.3 Å². The summed E-state index contributed by atoms with van der Waals surface area (Å²) in [4.78, 5) is 12.6. The van der Waals surface area contributed by atoms with Crippen molar-refractivity contribution in [2.45, 2.75) is 0 Å². The predicted octanol–water partition coefficient (Wildman–Crippen LogP) is 5.20. The fourth-order valence-electron chi connectivity index (χ4n) is 2.99. The number of hydrogen-bond acceptors (Lipinski definition) is 2. The van der Waals surface area contributed by atoms with E-state index in [1.54, 1.807) is 0 Å². The van der Waals surface area contributed by atoms with Gasteiger partial charge in [-0.2, -0.15) is 0 Å². The van der Waals surface area contributed by atoms with Gasteiger partial charge in [0.15, 0.2) is 0 Å². The molecule has 3 aromatic carbocycles. The highest BCUT2D eigenvalue weighted by Crippen LogP contribution is 2.40. The summed E-state index contributed by atoms with van der Waals surface area (Å²) in [5, 5.41) is 0. The zero-order chi connectivity index (χ0) is 17.1. The molecule has 1 aliphatic heterocycles. The first-order valence-corrected chi connectivity index (χ1v) is 8.17. The van der Waals surface area contributed by atoms with Crippen molar-refractivity contribution >= 4 is 23.2 Å². The van der Waals surface area contributed by atoms with E-state index in [9.17, 15) is 4.79 Å². The Morgan fingerprint density at radius 1 is 0.600 bits per heavy atom. The Kier molecular flexibility index (Phi) is 4.01. The number of benzene rings is 3. The Bertz CT molecular complexity index is 953. The molecule has 25 heavy (non-hydrogen) atoms. The third kappa shape index (κ3) is 3.02. The van der Waals surface area contributed by atoms with Crippen molar-refractivity contribution < 1.29 is 9.53 Å². The van der Waals surface area contributed by atoms with Gasteiger partial charge in [0.25, 0.3) is 0 Å². The zero-order valence-corrected chi connectivity index (χ0v) is 13.6. The summed E-state index contributed by atoms with van der Waals surface area (Å²) in [6.45, 7) is 0. The van der Waals surface area contributed by atoms with Crippen molar-refractivity contribution in [3.8, 4) is 0 Å². The van der Waals surface area contributed by atoms with Gasteiger partial charge in [0.1, 0.15) is 5.76 Å². The van der Waals surface area contributed by atoms with Gasteiger partial charge in [-0.05, 0) is 22.8 Å². The van der Waals surface area contributed by atoms with Crippen LogP contribution in [0.3, 0.4) is 0 Å². The summed E-state index contributed by atoms with van der Waals surface area (Å²) in [7, 11) is 0. The van der Waals surface area contributed by atoms with Crippen molar-refractivity contribution in [1.82, 2.24) is 0 Å². The second kappa shape index (κ2) is 6.62. The molecule has 0 saturated carbocycles. The Morgan fingerprint density at radius 2 is 1.08 bits per heavy atom. The van der Waals surface area contributed by atoms with Gasteiger partial charge in [-0.1, -0.05) is 91.0 Å². The zero-order valence-electron chi connectivity index (χ0n) is 13.6. The third-order valence-corrected chi connectivity index (χ3v) is 4.13. The monoisotopic (exact) mass is 324 g/mol. The summed E-state index contributed by atoms with van der Waals surface area (Å²) in [6, 6.07) is 29.4. The van der Waals surface area contributed by atoms with Gasteiger partial charge in [0, 0.05) is 5.57 Å². The highest BCUT2D eigenvalue weighted by molar-refractivity contribution is 6.30. The molecular formula is C23H16O2. The summed E-state index contributed by atoms with van der Waals surface area (Å²) >= 11 is 0. The standard InChI is InChI=1S/C23H16O2/c24-23-22(19-14-8-3-9-15-19)21(18-12-6-2-7-13-18)20(25-23)16-17-10-4-1-5-11-17/h1-16H/b20-16+. The summed E-state index contributed by atoms with van der Waals surface area (Å²) < 4.78 is 5.65. The number of ether oxygens (including phenoxy) is 1. The van der Waals surface area contributed by atoms with E-state index in [1.165, 1.54) is 0 Å². The lowest BCUT2D eigenvalue weighted by molar-refractivity contribution is -0.131. The van der Waals surface area contributed by atoms with E-state index in [0.717, 1.165) is 22.3 Å². The van der Waals surface area contributed by atoms with E-state index < -0.39 is 0 Å². The van der Waals surface area contributed by atoms with E-state index in [-0.39, 0.29) is 5.97 Å².